The highest BCUT2D eigenvalue weighted by molar-refractivity contribution is 8.27. The lowest BCUT2D eigenvalue weighted by molar-refractivity contribution is -0.113. The number of rotatable bonds is 2. The summed E-state index contributed by atoms with van der Waals surface area (Å²) in [4.78, 5) is 14.4. The Hall–Kier alpha value is -1.40. The molecule has 0 atom stereocenters. The maximum absolute atomic E-state index is 13.0. The second-order valence-electron chi connectivity index (χ2n) is 4.63. The molecule has 1 amide bonds. The zero-order valence-corrected chi connectivity index (χ0v) is 14.6. The molecule has 1 saturated heterocycles. The van der Waals surface area contributed by atoms with Gasteiger partial charge in [-0.05, 0) is 42.5 Å². The summed E-state index contributed by atoms with van der Waals surface area (Å²) in [5.74, 6) is -0.667. The number of thiocarbonyl (C=S) groups is 1. The summed E-state index contributed by atoms with van der Waals surface area (Å²) in [5.41, 5.74) is 1.08. The number of carbonyl (C=O) groups excluding carboxylic acids is 1. The second kappa shape index (κ2) is 6.61. The van der Waals surface area contributed by atoms with Crippen LogP contribution in [0.4, 0.5) is 10.1 Å². The number of anilines is 1. The number of benzene rings is 2. The van der Waals surface area contributed by atoms with E-state index in [1.54, 1.807) is 24.3 Å². The Morgan fingerprint density at radius 2 is 1.70 bits per heavy atom. The highest BCUT2D eigenvalue weighted by Gasteiger charge is 2.33. The van der Waals surface area contributed by atoms with E-state index in [4.69, 9.17) is 35.4 Å². The van der Waals surface area contributed by atoms with Gasteiger partial charge < -0.3 is 0 Å². The molecule has 7 heteroatoms. The summed E-state index contributed by atoms with van der Waals surface area (Å²) in [7, 11) is 0. The van der Waals surface area contributed by atoms with E-state index in [1.807, 2.05) is 0 Å². The number of amides is 1. The third-order valence-electron chi connectivity index (χ3n) is 3.15. The normalized spacial score (nSPS) is 16.5. The number of thioether (sulfide) groups is 1. The number of carbonyl (C=O) groups is 1. The van der Waals surface area contributed by atoms with Crippen LogP contribution in [0, 0.1) is 5.82 Å². The molecule has 1 heterocycles. The molecule has 0 bridgehead atoms. The zero-order chi connectivity index (χ0) is 16.6. The molecule has 2 aromatic carbocycles. The summed E-state index contributed by atoms with van der Waals surface area (Å²) in [6.07, 6.45) is 1.62. The lowest BCUT2D eigenvalue weighted by atomic mass is 10.2. The molecule has 0 N–H and O–H groups in total. The van der Waals surface area contributed by atoms with Crippen molar-refractivity contribution in [1.82, 2.24) is 0 Å². The maximum atomic E-state index is 13.0. The Bertz CT molecular complexity index is 816. The fourth-order valence-corrected chi connectivity index (χ4v) is 3.85. The molecule has 0 aliphatic carbocycles. The van der Waals surface area contributed by atoms with Crippen LogP contribution < -0.4 is 4.90 Å². The minimum absolute atomic E-state index is 0.289. The van der Waals surface area contributed by atoms with E-state index in [0.29, 0.717) is 30.5 Å². The van der Waals surface area contributed by atoms with Gasteiger partial charge in [-0.3, -0.25) is 9.69 Å². The standard InChI is InChI=1S/C16H8Cl2FNOS2/c17-12-2-1-3-13(18)11(12)8-14-15(21)20(16(22)23-14)10-6-4-9(19)5-7-10/h1-8H. The van der Waals surface area contributed by atoms with Gasteiger partial charge in [0.1, 0.15) is 5.82 Å². The van der Waals surface area contributed by atoms with Crippen LogP contribution in [0.3, 0.4) is 0 Å². The van der Waals surface area contributed by atoms with E-state index in [2.05, 4.69) is 0 Å². The van der Waals surface area contributed by atoms with Gasteiger partial charge >= 0.3 is 0 Å². The monoisotopic (exact) mass is 383 g/mol. The Labute approximate surface area is 151 Å². The molecule has 0 radical (unpaired) electrons. The first-order chi connectivity index (χ1) is 11.0. The third kappa shape index (κ3) is 3.28. The van der Waals surface area contributed by atoms with E-state index in [0.717, 1.165) is 11.8 Å². The molecule has 23 heavy (non-hydrogen) atoms. The summed E-state index contributed by atoms with van der Waals surface area (Å²) >= 11 is 18.7. The van der Waals surface area contributed by atoms with E-state index >= 15 is 0 Å². The Morgan fingerprint density at radius 1 is 1.09 bits per heavy atom. The first-order valence-electron chi connectivity index (χ1n) is 6.45. The van der Waals surface area contributed by atoms with E-state index in [9.17, 15) is 9.18 Å². The summed E-state index contributed by atoms with van der Waals surface area (Å²) in [5, 5.41) is 0.897. The molecule has 3 rings (SSSR count). The molecule has 1 aliphatic heterocycles. The number of hydrogen-bond acceptors (Lipinski definition) is 3. The van der Waals surface area contributed by atoms with Crippen molar-refractivity contribution >= 4 is 69.2 Å². The van der Waals surface area contributed by atoms with Crippen molar-refractivity contribution in [2.24, 2.45) is 0 Å². The van der Waals surface area contributed by atoms with Crippen LogP contribution in [0.1, 0.15) is 5.56 Å². The Kier molecular flexibility index (Phi) is 4.73. The van der Waals surface area contributed by atoms with Gasteiger partial charge in [-0.25, -0.2) is 4.39 Å². The smallest absolute Gasteiger partial charge is 0.268 e. The van der Waals surface area contributed by atoms with Gasteiger partial charge in [0.25, 0.3) is 5.91 Å². The molecule has 0 unspecified atom stereocenters. The number of hydrogen-bond donors (Lipinski definition) is 0. The Balaban J connectivity index is 1.98. The summed E-state index contributed by atoms with van der Waals surface area (Å²) < 4.78 is 13.4. The van der Waals surface area contributed by atoms with Gasteiger partial charge in [-0.1, -0.05) is 53.2 Å². The van der Waals surface area contributed by atoms with Gasteiger partial charge in [0.2, 0.25) is 0 Å². The summed E-state index contributed by atoms with van der Waals surface area (Å²) in [6, 6.07) is 10.7. The van der Waals surface area contributed by atoms with Crippen molar-refractivity contribution < 1.29 is 9.18 Å². The van der Waals surface area contributed by atoms with E-state index in [-0.39, 0.29) is 11.7 Å². The molecular weight excluding hydrogens is 376 g/mol. The average molecular weight is 384 g/mol. The molecule has 2 nitrogen and oxygen atoms in total. The lowest BCUT2D eigenvalue weighted by Crippen LogP contribution is -2.27. The number of nitrogens with zero attached hydrogens (tertiary/aromatic N) is 1. The molecule has 2 aromatic rings. The predicted molar refractivity (Wildman–Crippen MR) is 98.5 cm³/mol. The van der Waals surface area contributed by atoms with Crippen LogP contribution >= 0.6 is 47.2 Å². The SMILES string of the molecule is O=C1C(=Cc2c(Cl)cccc2Cl)SC(=S)N1c1ccc(F)cc1. The number of halogens is 3. The first-order valence-corrected chi connectivity index (χ1v) is 8.43. The van der Waals surface area contributed by atoms with Gasteiger partial charge in [-0.15, -0.1) is 0 Å². The van der Waals surface area contributed by atoms with Crippen LogP contribution in [-0.2, 0) is 4.79 Å². The topological polar surface area (TPSA) is 20.3 Å². The lowest BCUT2D eigenvalue weighted by Gasteiger charge is -2.14. The highest BCUT2D eigenvalue weighted by Crippen LogP contribution is 2.38. The minimum Gasteiger partial charge on any atom is -0.268 e. The molecule has 116 valence electrons. The zero-order valence-electron chi connectivity index (χ0n) is 11.4. The third-order valence-corrected chi connectivity index (χ3v) is 5.12. The highest BCUT2D eigenvalue weighted by atomic mass is 35.5. The molecule has 0 saturated carbocycles. The summed E-state index contributed by atoms with van der Waals surface area (Å²) in [6.45, 7) is 0. The molecule has 0 aromatic heterocycles. The first kappa shape index (κ1) is 16.5. The van der Waals surface area contributed by atoms with Crippen molar-refractivity contribution in [2.45, 2.75) is 0 Å². The van der Waals surface area contributed by atoms with Gasteiger partial charge in [0, 0.05) is 15.6 Å². The minimum atomic E-state index is -0.377. The molecule has 1 aliphatic rings. The van der Waals surface area contributed by atoms with Crippen LogP contribution in [0.25, 0.3) is 6.08 Å². The van der Waals surface area contributed by atoms with Crippen molar-refractivity contribution in [3.8, 4) is 0 Å². The van der Waals surface area contributed by atoms with Crippen molar-refractivity contribution in [2.75, 3.05) is 4.90 Å². The van der Waals surface area contributed by atoms with Crippen LogP contribution in [0.5, 0.6) is 0 Å². The average Bonchev–Trinajstić information content (AvgIpc) is 2.79. The van der Waals surface area contributed by atoms with Crippen LogP contribution in [-0.4, -0.2) is 10.2 Å². The van der Waals surface area contributed by atoms with Gasteiger partial charge in [-0.2, -0.15) is 0 Å². The molecule has 1 fully saturated rings. The molecular formula is C16H8Cl2FNOS2. The maximum Gasteiger partial charge on any atom is 0.270 e. The second-order valence-corrected chi connectivity index (χ2v) is 7.12. The van der Waals surface area contributed by atoms with Gasteiger partial charge in [0.15, 0.2) is 4.32 Å². The quantitative estimate of drug-likeness (QED) is 0.501. The van der Waals surface area contributed by atoms with E-state index in [1.165, 1.54) is 29.2 Å². The van der Waals surface area contributed by atoms with Crippen molar-refractivity contribution in [3.05, 3.63) is 68.8 Å². The fourth-order valence-electron chi connectivity index (χ4n) is 2.06. The largest absolute Gasteiger partial charge is 0.270 e. The predicted octanol–water partition coefficient (Wildman–Crippen LogP) is 5.54. The van der Waals surface area contributed by atoms with Crippen molar-refractivity contribution in [1.29, 1.82) is 0 Å². The van der Waals surface area contributed by atoms with Crippen LogP contribution in [0.2, 0.25) is 10.0 Å². The fraction of sp³-hybridized carbons (Fsp3) is 0. The van der Waals surface area contributed by atoms with Gasteiger partial charge in [0.05, 0.1) is 10.6 Å². The van der Waals surface area contributed by atoms with E-state index < -0.39 is 0 Å². The van der Waals surface area contributed by atoms with Crippen molar-refractivity contribution in [3.63, 3.8) is 0 Å². The Morgan fingerprint density at radius 3 is 2.30 bits per heavy atom. The van der Waals surface area contributed by atoms with Crippen LogP contribution in [0.15, 0.2) is 47.4 Å². The molecule has 0 spiro atoms.